The molecule has 0 unspecified atom stereocenters. The van der Waals surface area contributed by atoms with Crippen molar-refractivity contribution in [3.8, 4) is 17.2 Å². The van der Waals surface area contributed by atoms with Gasteiger partial charge >= 0.3 is 6.09 Å². The number of ether oxygens (including phenoxy) is 1. The average molecular weight is 639 g/mol. The van der Waals surface area contributed by atoms with Crippen LogP contribution in [0.1, 0.15) is 49.3 Å². The van der Waals surface area contributed by atoms with Crippen molar-refractivity contribution in [1.29, 1.82) is 5.26 Å². The van der Waals surface area contributed by atoms with Crippen molar-refractivity contribution in [2.24, 2.45) is 0 Å². The van der Waals surface area contributed by atoms with E-state index in [2.05, 4.69) is 34.2 Å². The minimum Gasteiger partial charge on any atom is -0.449 e. The molecule has 1 aliphatic carbocycles. The Kier molecular flexibility index (Phi) is 10.7. The van der Waals surface area contributed by atoms with Gasteiger partial charge in [0, 0.05) is 12.3 Å². The third-order valence-electron chi connectivity index (χ3n) is 8.38. The molecule has 9 nitrogen and oxygen atoms in total. The third-order valence-corrected chi connectivity index (χ3v) is 10.8. The number of nitrogens with one attached hydrogen (secondary N) is 3. The van der Waals surface area contributed by atoms with Gasteiger partial charge in [-0.25, -0.2) is 4.79 Å². The number of rotatable bonds is 11. The first-order chi connectivity index (χ1) is 22.3. The van der Waals surface area contributed by atoms with Gasteiger partial charge in [0.15, 0.2) is 0 Å². The number of hydrogen-bond acceptors (Lipinski definition) is 6. The van der Waals surface area contributed by atoms with Crippen molar-refractivity contribution >= 4 is 39.0 Å². The molecule has 10 heteroatoms. The first kappa shape index (κ1) is 32.6. The summed E-state index contributed by atoms with van der Waals surface area (Å²) in [6, 6.07) is 24.4. The van der Waals surface area contributed by atoms with Gasteiger partial charge < -0.3 is 20.7 Å². The van der Waals surface area contributed by atoms with Gasteiger partial charge in [0.25, 0.3) is 0 Å². The average Bonchev–Trinajstić information content (AvgIpc) is 3.71. The maximum absolute atomic E-state index is 13.5. The van der Waals surface area contributed by atoms with Crippen LogP contribution in [0.2, 0.25) is 0 Å². The molecule has 0 spiro atoms. The zero-order chi connectivity index (χ0) is 32.6. The molecule has 0 radical (unpaired) electrons. The third kappa shape index (κ3) is 7.54. The van der Waals surface area contributed by atoms with Crippen molar-refractivity contribution in [2.45, 2.75) is 57.2 Å². The molecule has 5 rings (SSSR count). The molecule has 0 saturated carbocycles. The quantitative estimate of drug-likeness (QED) is 0.265. The molecule has 238 valence electrons. The lowest BCUT2D eigenvalue weighted by atomic mass is 9.98. The van der Waals surface area contributed by atoms with E-state index in [0.29, 0.717) is 0 Å². The van der Waals surface area contributed by atoms with Gasteiger partial charge in [-0.1, -0.05) is 78.9 Å². The number of hydrogen-bond donors (Lipinski definition) is 3. The predicted molar refractivity (Wildman–Crippen MR) is 180 cm³/mol. The zero-order valence-corrected chi connectivity index (χ0v) is 26.8. The number of amides is 3. The number of Topliss-reactive ketones (excluding diaryl/α,β-unsaturated/α-hetero) is 1. The highest BCUT2D eigenvalue weighted by molar-refractivity contribution is 8.17. The minimum atomic E-state index is -1.03. The fourth-order valence-corrected chi connectivity index (χ4v) is 8.25. The molecule has 3 aromatic rings. The Hall–Kier alpha value is -4.75. The minimum absolute atomic E-state index is 0.0907. The lowest BCUT2D eigenvalue weighted by molar-refractivity contribution is -0.130. The highest BCUT2D eigenvalue weighted by Crippen LogP contribution is 2.44. The Bertz CT molecular complexity index is 1650. The fourth-order valence-electron chi connectivity index (χ4n) is 5.94. The number of ketones is 1. The summed E-state index contributed by atoms with van der Waals surface area (Å²) in [6.45, 7) is 3.14. The van der Waals surface area contributed by atoms with Crippen molar-refractivity contribution in [3.63, 3.8) is 0 Å². The van der Waals surface area contributed by atoms with Crippen molar-refractivity contribution in [1.82, 2.24) is 16.0 Å². The van der Waals surface area contributed by atoms with Crippen LogP contribution in [0.5, 0.6) is 0 Å². The summed E-state index contributed by atoms with van der Waals surface area (Å²) in [7, 11) is -0.374. The van der Waals surface area contributed by atoms with E-state index in [1.54, 1.807) is 6.92 Å². The molecule has 1 heterocycles. The summed E-state index contributed by atoms with van der Waals surface area (Å²) >= 11 is 0. The SMILES string of the molecule is C[C@H](NC(=O)[C@@H](C)NC(=O)[C@H](Cc1ccccc1)NC(=O)OCC1c2ccccc2-c2ccccc21)C(=O)C(C#N)=S1CCCC1. The normalized spacial score (nSPS) is 15.8. The Morgan fingerprint density at radius 3 is 1.98 bits per heavy atom. The number of nitriles is 1. The van der Waals surface area contributed by atoms with Crippen LogP contribution >= 0.6 is 10.5 Å². The first-order valence-electron chi connectivity index (χ1n) is 15.5. The van der Waals surface area contributed by atoms with Crippen LogP contribution in [-0.2, 0) is 25.5 Å². The van der Waals surface area contributed by atoms with E-state index in [1.165, 1.54) is 6.92 Å². The van der Waals surface area contributed by atoms with Gasteiger partial charge in [-0.3, -0.25) is 14.4 Å². The second-order valence-electron chi connectivity index (χ2n) is 11.6. The van der Waals surface area contributed by atoms with Crippen LogP contribution < -0.4 is 16.0 Å². The van der Waals surface area contributed by atoms with E-state index in [-0.39, 0.29) is 34.3 Å². The second-order valence-corrected chi connectivity index (χ2v) is 13.8. The molecule has 0 aromatic heterocycles. The molecule has 2 aliphatic rings. The first-order valence-corrected chi connectivity index (χ1v) is 17.1. The van der Waals surface area contributed by atoms with E-state index < -0.39 is 41.8 Å². The van der Waals surface area contributed by atoms with Crippen LogP contribution in [0.3, 0.4) is 0 Å². The van der Waals surface area contributed by atoms with Crippen LogP contribution in [-0.4, -0.2) is 64.8 Å². The fraction of sp³-hybridized carbons (Fsp3) is 0.333. The maximum Gasteiger partial charge on any atom is 0.407 e. The Morgan fingerprint density at radius 1 is 0.804 bits per heavy atom. The van der Waals surface area contributed by atoms with E-state index >= 15 is 0 Å². The van der Waals surface area contributed by atoms with Crippen LogP contribution in [0.4, 0.5) is 4.79 Å². The second kappa shape index (κ2) is 15.0. The zero-order valence-electron chi connectivity index (χ0n) is 26.0. The summed E-state index contributed by atoms with van der Waals surface area (Å²) in [6.07, 6.45) is 1.39. The number of alkyl carbamates (subject to hydrolysis) is 1. The van der Waals surface area contributed by atoms with Crippen LogP contribution in [0.25, 0.3) is 11.1 Å². The summed E-state index contributed by atoms with van der Waals surface area (Å²) < 4.78 is 5.69. The molecule has 3 N–H and O–H groups in total. The lowest BCUT2D eigenvalue weighted by Crippen LogP contribution is -2.55. The van der Waals surface area contributed by atoms with Gasteiger partial charge in [0.1, 0.15) is 29.6 Å². The Balaban J connectivity index is 1.22. The van der Waals surface area contributed by atoms with Gasteiger partial charge in [-0.2, -0.15) is 15.7 Å². The largest absolute Gasteiger partial charge is 0.449 e. The van der Waals surface area contributed by atoms with Gasteiger partial charge in [0.2, 0.25) is 17.6 Å². The van der Waals surface area contributed by atoms with E-state index in [9.17, 15) is 24.4 Å². The van der Waals surface area contributed by atoms with Crippen molar-refractivity contribution < 1.29 is 23.9 Å². The predicted octanol–water partition coefficient (Wildman–Crippen LogP) is 4.47. The van der Waals surface area contributed by atoms with Crippen molar-refractivity contribution in [2.75, 3.05) is 18.1 Å². The molecule has 46 heavy (non-hydrogen) atoms. The summed E-state index contributed by atoms with van der Waals surface area (Å²) in [5, 5.41) is 17.6. The lowest BCUT2D eigenvalue weighted by Gasteiger charge is -2.23. The summed E-state index contributed by atoms with van der Waals surface area (Å²) in [5.74, 6) is -0.0290. The topological polar surface area (TPSA) is 137 Å². The molecule has 0 bridgehead atoms. The molecule has 3 amide bonds. The Labute approximate surface area is 271 Å². The molecule has 3 aromatic carbocycles. The molecular weight excluding hydrogens is 600 g/mol. The number of fused-ring (bicyclic) bond motifs is 3. The Morgan fingerprint density at radius 2 is 1.37 bits per heavy atom. The highest BCUT2D eigenvalue weighted by atomic mass is 32.2. The highest BCUT2D eigenvalue weighted by Gasteiger charge is 2.31. The van der Waals surface area contributed by atoms with E-state index in [4.69, 9.17) is 4.74 Å². The molecule has 3 atom stereocenters. The number of carbonyl (C=O) groups excluding carboxylic acids is 4. The number of benzene rings is 3. The summed E-state index contributed by atoms with van der Waals surface area (Å²) in [4.78, 5) is 52.7. The standard InChI is InChI=1S/C36H38N4O5S/c1-23(33(41)32(21-37)46-18-10-11-19-46)38-34(42)24(2)39-35(43)31(20-25-12-4-3-5-13-25)40-36(44)45-22-30-28-16-8-6-14-26(28)27-15-7-9-17-29(27)30/h3-9,12-17,23-24,30-31H,10-11,18-20,22H2,1-2H3,(H,38,42)(H,39,43)(H,40,44)/t23-,24+,31-/m0/s1. The number of carbonyl (C=O) groups is 4. The van der Waals surface area contributed by atoms with E-state index in [1.807, 2.05) is 66.7 Å². The number of nitrogens with zero attached hydrogens (tertiary/aromatic N) is 1. The maximum atomic E-state index is 13.5. The smallest absolute Gasteiger partial charge is 0.407 e. The summed E-state index contributed by atoms with van der Waals surface area (Å²) in [5.41, 5.74) is 5.18. The van der Waals surface area contributed by atoms with Crippen LogP contribution in [0, 0.1) is 11.3 Å². The van der Waals surface area contributed by atoms with Gasteiger partial charge in [-0.05, 0) is 66.0 Å². The van der Waals surface area contributed by atoms with Gasteiger partial charge in [0.05, 0.1) is 6.04 Å². The van der Waals surface area contributed by atoms with E-state index in [0.717, 1.165) is 52.2 Å². The van der Waals surface area contributed by atoms with Crippen molar-refractivity contribution in [3.05, 3.63) is 95.6 Å². The monoisotopic (exact) mass is 638 g/mol. The molecule has 1 aliphatic heterocycles. The van der Waals surface area contributed by atoms with Crippen LogP contribution in [0.15, 0.2) is 78.9 Å². The molecular formula is C36H38N4O5S. The van der Waals surface area contributed by atoms with Gasteiger partial charge in [-0.15, -0.1) is 0 Å². The molecule has 1 saturated heterocycles. The molecule has 1 fully saturated rings.